The summed E-state index contributed by atoms with van der Waals surface area (Å²) in [7, 11) is 0. The van der Waals surface area contributed by atoms with E-state index in [4.69, 9.17) is 16.2 Å². The summed E-state index contributed by atoms with van der Waals surface area (Å²) >= 11 is 0. The van der Waals surface area contributed by atoms with Crippen molar-refractivity contribution in [3.8, 4) is 0 Å². The summed E-state index contributed by atoms with van der Waals surface area (Å²) in [6.07, 6.45) is 15.4. The van der Waals surface area contributed by atoms with Crippen LogP contribution in [0.15, 0.2) is 10.2 Å². The minimum atomic E-state index is 0.0339. The average molecular weight is 350 g/mol. The molecule has 3 fully saturated rings. The molecular weight excluding hydrogens is 314 g/mol. The smallest absolute Gasteiger partial charge is 0.211 e. The molecule has 25 heavy (non-hydrogen) atoms. The lowest BCUT2D eigenvalue weighted by Gasteiger charge is -2.44. The van der Waals surface area contributed by atoms with Crippen LogP contribution in [0.25, 0.3) is 0 Å². The van der Waals surface area contributed by atoms with E-state index in [2.05, 4.69) is 15.1 Å². The molecule has 6 heteroatoms. The van der Waals surface area contributed by atoms with Gasteiger partial charge in [0.15, 0.2) is 0 Å². The standard InChI is InChI=1S/C19H35N5O/c20-18(21)23-22-15-16-3-7-19(8-4-16)9-5-17(6-10-19)25-14-13-24-11-1-2-12-24/h15-17H,1-14H2,(H4,20,21,23)/b22-15+. The monoisotopic (exact) mass is 349 g/mol. The highest BCUT2D eigenvalue weighted by Crippen LogP contribution is 2.49. The number of guanidine groups is 1. The molecule has 0 aromatic heterocycles. The van der Waals surface area contributed by atoms with Gasteiger partial charge in [-0.25, -0.2) is 0 Å². The molecule has 142 valence electrons. The van der Waals surface area contributed by atoms with Gasteiger partial charge in [-0.15, -0.1) is 5.10 Å². The van der Waals surface area contributed by atoms with Gasteiger partial charge >= 0.3 is 0 Å². The summed E-state index contributed by atoms with van der Waals surface area (Å²) in [5.74, 6) is 0.565. The zero-order chi connectivity index (χ0) is 17.5. The maximum Gasteiger partial charge on any atom is 0.211 e. The number of hydrogen-bond donors (Lipinski definition) is 2. The average Bonchev–Trinajstić information content (AvgIpc) is 3.12. The number of likely N-dealkylation sites (tertiary alicyclic amines) is 1. The third-order valence-corrected chi connectivity index (χ3v) is 6.49. The van der Waals surface area contributed by atoms with Gasteiger partial charge in [0.25, 0.3) is 0 Å². The molecule has 1 heterocycles. The van der Waals surface area contributed by atoms with Crippen molar-refractivity contribution in [2.45, 2.75) is 70.3 Å². The zero-order valence-corrected chi connectivity index (χ0v) is 15.5. The Bertz CT molecular complexity index is 450. The van der Waals surface area contributed by atoms with Gasteiger partial charge in [-0.3, -0.25) is 0 Å². The highest BCUT2D eigenvalue weighted by atomic mass is 16.5. The van der Waals surface area contributed by atoms with Crippen LogP contribution in [0.4, 0.5) is 0 Å². The first-order valence-electron chi connectivity index (χ1n) is 10.1. The second-order valence-corrected chi connectivity index (χ2v) is 8.25. The van der Waals surface area contributed by atoms with E-state index in [1.54, 1.807) is 0 Å². The molecule has 3 aliphatic rings. The van der Waals surface area contributed by atoms with Crippen molar-refractivity contribution in [1.29, 1.82) is 0 Å². The number of nitrogens with zero attached hydrogens (tertiary/aromatic N) is 3. The Hall–Kier alpha value is -1.14. The summed E-state index contributed by atoms with van der Waals surface area (Å²) in [4.78, 5) is 2.54. The normalized spacial score (nSPS) is 33.9. The van der Waals surface area contributed by atoms with Crippen LogP contribution in [0.2, 0.25) is 0 Å². The molecule has 0 aromatic carbocycles. The summed E-state index contributed by atoms with van der Waals surface area (Å²) < 4.78 is 6.17. The molecule has 0 radical (unpaired) electrons. The Balaban J connectivity index is 1.33. The molecule has 2 aliphatic carbocycles. The highest BCUT2D eigenvalue weighted by molar-refractivity contribution is 5.76. The van der Waals surface area contributed by atoms with Gasteiger partial charge < -0.3 is 21.1 Å². The number of rotatable bonds is 6. The lowest BCUT2D eigenvalue weighted by molar-refractivity contribution is -0.0209. The van der Waals surface area contributed by atoms with Crippen LogP contribution in [0.3, 0.4) is 0 Å². The molecule has 1 aliphatic heterocycles. The van der Waals surface area contributed by atoms with Crippen molar-refractivity contribution < 1.29 is 4.74 Å². The number of nitrogens with two attached hydrogens (primary N) is 2. The molecular formula is C19H35N5O. The molecule has 1 spiro atoms. The minimum absolute atomic E-state index is 0.0339. The first-order valence-corrected chi connectivity index (χ1v) is 10.1. The van der Waals surface area contributed by atoms with Crippen LogP contribution < -0.4 is 11.5 Å². The van der Waals surface area contributed by atoms with E-state index in [9.17, 15) is 0 Å². The Morgan fingerprint density at radius 2 is 1.68 bits per heavy atom. The van der Waals surface area contributed by atoms with Crippen LogP contribution >= 0.6 is 0 Å². The summed E-state index contributed by atoms with van der Waals surface area (Å²) in [5.41, 5.74) is 11.2. The zero-order valence-electron chi connectivity index (χ0n) is 15.5. The van der Waals surface area contributed by atoms with E-state index in [0.717, 1.165) is 13.2 Å². The van der Waals surface area contributed by atoms with E-state index < -0.39 is 0 Å². The number of ether oxygens (including phenoxy) is 1. The molecule has 6 nitrogen and oxygen atoms in total. The molecule has 2 saturated carbocycles. The van der Waals surface area contributed by atoms with Gasteiger partial charge in [-0.05, 0) is 88.6 Å². The maximum absolute atomic E-state index is 6.17. The molecule has 0 atom stereocenters. The third kappa shape index (κ3) is 5.68. The quantitative estimate of drug-likeness (QED) is 0.438. The van der Waals surface area contributed by atoms with Crippen molar-refractivity contribution in [3.63, 3.8) is 0 Å². The van der Waals surface area contributed by atoms with Crippen LogP contribution in [0, 0.1) is 11.3 Å². The molecule has 0 unspecified atom stereocenters. The van der Waals surface area contributed by atoms with E-state index >= 15 is 0 Å². The predicted molar refractivity (Wildman–Crippen MR) is 103 cm³/mol. The fourth-order valence-electron chi connectivity index (χ4n) is 4.82. The molecule has 4 N–H and O–H groups in total. The summed E-state index contributed by atoms with van der Waals surface area (Å²) in [5, 5.41) is 7.71. The summed E-state index contributed by atoms with van der Waals surface area (Å²) in [6.45, 7) is 4.58. The van der Waals surface area contributed by atoms with Crippen molar-refractivity contribution in [2.75, 3.05) is 26.2 Å². The van der Waals surface area contributed by atoms with Crippen LogP contribution in [-0.2, 0) is 4.74 Å². The van der Waals surface area contributed by atoms with E-state index in [0.29, 0.717) is 17.4 Å². The van der Waals surface area contributed by atoms with Gasteiger partial charge in [-0.2, -0.15) is 5.10 Å². The second kappa shape index (κ2) is 8.99. The maximum atomic E-state index is 6.17. The second-order valence-electron chi connectivity index (χ2n) is 8.25. The predicted octanol–water partition coefficient (Wildman–Crippen LogP) is 2.48. The van der Waals surface area contributed by atoms with Crippen molar-refractivity contribution in [3.05, 3.63) is 0 Å². The molecule has 0 bridgehead atoms. The van der Waals surface area contributed by atoms with Crippen LogP contribution in [-0.4, -0.2) is 49.4 Å². The molecule has 0 amide bonds. The van der Waals surface area contributed by atoms with Crippen molar-refractivity contribution >= 4 is 12.2 Å². The van der Waals surface area contributed by atoms with Gasteiger partial charge in [-0.1, -0.05) is 0 Å². The number of hydrogen-bond acceptors (Lipinski definition) is 4. The fraction of sp³-hybridized carbons (Fsp3) is 0.895. The highest BCUT2D eigenvalue weighted by Gasteiger charge is 2.38. The molecule has 0 aromatic rings. The lowest BCUT2D eigenvalue weighted by Crippen LogP contribution is -2.35. The minimum Gasteiger partial charge on any atom is -0.377 e. The summed E-state index contributed by atoms with van der Waals surface area (Å²) in [6, 6.07) is 0. The van der Waals surface area contributed by atoms with Gasteiger partial charge in [0.05, 0.1) is 12.7 Å². The molecule has 1 saturated heterocycles. The Morgan fingerprint density at radius 1 is 1.04 bits per heavy atom. The van der Waals surface area contributed by atoms with Gasteiger partial charge in [0.1, 0.15) is 0 Å². The topological polar surface area (TPSA) is 89.2 Å². The fourth-order valence-corrected chi connectivity index (χ4v) is 4.82. The third-order valence-electron chi connectivity index (χ3n) is 6.49. The van der Waals surface area contributed by atoms with Crippen molar-refractivity contribution in [1.82, 2.24) is 4.90 Å². The van der Waals surface area contributed by atoms with E-state index in [1.807, 2.05) is 6.21 Å². The SMILES string of the molecule is NC(N)=N/N=C/C1CCC2(CC1)CCC(OCCN1CCCC1)CC2. The van der Waals surface area contributed by atoms with Crippen LogP contribution in [0.1, 0.15) is 64.2 Å². The Labute approximate surface area is 152 Å². The van der Waals surface area contributed by atoms with E-state index in [1.165, 1.54) is 77.3 Å². The first-order chi connectivity index (χ1) is 12.2. The largest absolute Gasteiger partial charge is 0.377 e. The Morgan fingerprint density at radius 3 is 2.32 bits per heavy atom. The Kier molecular flexibility index (Phi) is 6.70. The lowest BCUT2D eigenvalue weighted by atomic mass is 9.63. The van der Waals surface area contributed by atoms with Gasteiger partial charge in [0.2, 0.25) is 5.96 Å². The first kappa shape index (κ1) is 18.6. The van der Waals surface area contributed by atoms with E-state index in [-0.39, 0.29) is 5.96 Å². The van der Waals surface area contributed by atoms with Crippen molar-refractivity contribution in [2.24, 2.45) is 33.0 Å². The van der Waals surface area contributed by atoms with Gasteiger partial charge in [0, 0.05) is 12.8 Å². The molecule has 3 rings (SSSR count). The van der Waals surface area contributed by atoms with Crippen LogP contribution in [0.5, 0.6) is 0 Å².